The fraction of sp³-hybridized carbons (Fsp3) is 0.214. The molecule has 0 radical (unpaired) electrons. The maximum Gasteiger partial charge on any atom is 0.229 e. The molecule has 5 atom stereocenters. The van der Waals surface area contributed by atoms with E-state index in [-0.39, 0.29) is 0 Å². The van der Waals surface area contributed by atoms with E-state index in [1.807, 2.05) is 24.3 Å². The molecule has 1 aliphatic heterocycles. The second-order valence-corrected chi connectivity index (χ2v) is 8.85. The average Bonchev–Trinajstić information content (AvgIpc) is 2.87. The van der Waals surface area contributed by atoms with Crippen LogP contribution in [0.5, 0.6) is 5.75 Å². The van der Waals surface area contributed by atoms with Crippen molar-refractivity contribution in [1.82, 2.24) is 0 Å². The highest BCUT2D eigenvalue weighted by Crippen LogP contribution is 2.36. The molecule has 5 aromatic carbocycles. The molecule has 0 spiro atoms. The van der Waals surface area contributed by atoms with Crippen LogP contribution in [0, 0.1) is 0 Å². The Morgan fingerprint density at radius 3 is 1.97 bits per heavy atom. The van der Waals surface area contributed by atoms with Gasteiger partial charge in [-0.15, -0.1) is 0 Å². The molecular formula is C28H24O6. The molecular weight excluding hydrogens is 432 g/mol. The first-order valence-electron chi connectivity index (χ1n) is 11.3. The Bertz CT molecular complexity index is 1530. The lowest BCUT2D eigenvalue weighted by Gasteiger charge is -2.39. The van der Waals surface area contributed by atoms with Crippen LogP contribution in [0.25, 0.3) is 43.1 Å². The summed E-state index contributed by atoms with van der Waals surface area (Å²) in [7, 11) is 0. The van der Waals surface area contributed by atoms with Gasteiger partial charge in [0.1, 0.15) is 30.2 Å². The molecule has 6 rings (SSSR count). The Labute approximate surface area is 195 Å². The molecule has 172 valence electrons. The Morgan fingerprint density at radius 2 is 1.24 bits per heavy atom. The van der Waals surface area contributed by atoms with Gasteiger partial charge in [0.15, 0.2) is 0 Å². The SMILES string of the molecule is OC[C@H]1OC(Oc2cccc3cc4ccc5cc6ccccc6cc5c4cc23)[C@H](O)[C@@H](O)[C@@H]1O. The molecule has 1 heterocycles. The van der Waals surface area contributed by atoms with Crippen LogP contribution >= 0.6 is 0 Å². The second kappa shape index (κ2) is 8.20. The Morgan fingerprint density at radius 1 is 0.618 bits per heavy atom. The average molecular weight is 456 g/mol. The van der Waals surface area contributed by atoms with Crippen molar-refractivity contribution in [2.45, 2.75) is 30.7 Å². The van der Waals surface area contributed by atoms with Crippen LogP contribution in [0.1, 0.15) is 0 Å². The van der Waals surface area contributed by atoms with Gasteiger partial charge in [0.05, 0.1) is 6.61 Å². The number of ether oxygens (including phenoxy) is 2. The molecule has 34 heavy (non-hydrogen) atoms. The van der Waals surface area contributed by atoms with Crippen molar-refractivity contribution < 1.29 is 29.9 Å². The van der Waals surface area contributed by atoms with Crippen molar-refractivity contribution in [3.8, 4) is 5.75 Å². The second-order valence-electron chi connectivity index (χ2n) is 8.85. The van der Waals surface area contributed by atoms with Crippen LogP contribution < -0.4 is 4.74 Å². The summed E-state index contributed by atoms with van der Waals surface area (Å²) in [5.41, 5.74) is 0. The highest BCUT2D eigenvalue weighted by atomic mass is 16.7. The van der Waals surface area contributed by atoms with Gasteiger partial charge in [0.25, 0.3) is 0 Å². The van der Waals surface area contributed by atoms with Crippen LogP contribution in [0.4, 0.5) is 0 Å². The fourth-order valence-corrected chi connectivity index (χ4v) is 4.89. The smallest absolute Gasteiger partial charge is 0.229 e. The van der Waals surface area contributed by atoms with Gasteiger partial charge in [-0.05, 0) is 68.0 Å². The molecule has 6 nitrogen and oxygen atoms in total. The zero-order valence-electron chi connectivity index (χ0n) is 18.2. The van der Waals surface area contributed by atoms with Crippen molar-refractivity contribution in [1.29, 1.82) is 0 Å². The van der Waals surface area contributed by atoms with Crippen molar-refractivity contribution in [3.63, 3.8) is 0 Å². The number of hydrogen-bond acceptors (Lipinski definition) is 6. The molecule has 0 amide bonds. The molecule has 1 fully saturated rings. The van der Waals surface area contributed by atoms with E-state index in [1.165, 1.54) is 5.39 Å². The molecule has 0 saturated carbocycles. The van der Waals surface area contributed by atoms with Gasteiger partial charge in [0.2, 0.25) is 6.29 Å². The summed E-state index contributed by atoms with van der Waals surface area (Å²) in [4.78, 5) is 0. The first kappa shape index (κ1) is 21.3. The quantitative estimate of drug-likeness (QED) is 0.245. The summed E-state index contributed by atoms with van der Waals surface area (Å²) in [5, 5.41) is 48.7. The molecule has 0 bridgehead atoms. The third-order valence-corrected chi connectivity index (χ3v) is 6.75. The molecule has 6 heteroatoms. The van der Waals surface area contributed by atoms with E-state index < -0.39 is 37.3 Å². The van der Waals surface area contributed by atoms with Gasteiger partial charge in [0, 0.05) is 5.39 Å². The summed E-state index contributed by atoms with van der Waals surface area (Å²) >= 11 is 0. The number of aliphatic hydroxyl groups is 4. The van der Waals surface area contributed by atoms with E-state index in [4.69, 9.17) is 9.47 Å². The maximum atomic E-state index is 10.4. The predicted octanol–water partition coefficient (Wildman–Crippen LogP) is 3.48. The van der Waals surface area contributed by atoms with Crippen molar-refractivity contribution in [2.24, 2.45) is 0 Å². The highest BCUT2D eigenvalue weighted by Gasteiger charge is 2.44. The molecule has 0 aliphatic carbocycles. The Kier molecular flexibility index (Phi) is 5.13. The zero-order valence-corrected chi connectivity index (χ0v) is 18.2. The summed E-state index contributed by atoms with van der Waals surface area (Å²) in [6.45, 7) is -0.509. The number of aliphatic hydroxyl groups excluding tert-OH is 4. The summed E-state index contributed by atoms with van der Waals surface area (Å²) in [6.07, 6.45) is -6.67. The zero-order chi connectivity index (χ0) is 23.4. The van der Waals surface area contributed by atoms with Gasteiger partial charge in [-0.25, -0.2) is 0 Å². The topological polar surface area (TPSA) is 99.4 Å². The lowest BCUT2D eigenvalue weighted by Crippen LogP contribution is -2.60. The van der Waals surface area contributed by atoms with Gasteiger partial charge >= 0.3 is 0 Å². The summed E-state index contributed by atoms with van der Waals surface area (Å²) < 4.78 is 11.6. The Balaban J connectivity index is 1.49. The third kappa shape index (κ3) is 3.39. The molecule has 1 saturated heterocycles. The number of fused-ring (bicyclic) bond motifs is 5. The molecule has 1 aliphatic rings. The van der Waals surface area contributed by atoms with Crippen LogP contribution in [0.15, 0.2) is 78.9 Å². The molecule has 5 aromatic rings. The van der Waals surface area contributed by atoms with Crippen molar-refractivity contribution in [3.05, 3.63) is 78.9 Å². The molecule has 4 N–H and O–H groups in total. The minimum Gasteiger partial charge on any atom is -0.461 e. The van der Waals surface area contributed by atoms with Gasteiger partial charge in [-0.1, -0.05) is 48.5 Å². The first-order valence-corrected chi connectivity index (χ1v) is 11.3. The van der Waals surface area contributed by atoms with Gasteiger partial charge in [-0.2, -0.15) is 0 Å². The maximum absolute atomic E-state index is 10.4. The van der Waals surface area contributed by atoms with Gasteiger partial charge in [-0.3, -0.25) is 0 Å². The minimum atomic E-state index is -1.50. The van der Waals surface area contributed by atoms with Crippen molar-refractivity contribution in [2.75, 3.05) is 6.61 Å². The van der Waals surface area contributed by atoms with Gasteiger partial charge < -0.3 is 29.9 Å². The largest absolute Gasteiger partial charge is 0.461 e. The van der Waals surface area contributed by atoms with E-state index in [1.54, 1.807) is 6.07 Å². The normalized spacial score (nSPS) is 25.4. The highest BCUT2D eigenvalue weighted by molar-refractivity contribution is 6.15. The van der Waals surface area contributed by atoms with E-state index >= 15 is 0 Å². The minimum absolute atomic E-state index is 0.474. The molecule has 0 aromatic heterocycles. The third-order valence-electron chi connectivity index (χ3n) is 6.75. The Hall–Kier alpha value is -3.26. The first-order chi connectivity index (χ1) is 16.5. The van der Waals surface area contributed by atoms with Crippen LogP contribution in [-0.2, 0) is 4.74 Å². The van der Waals surface area contributed by atoms with Crippen molar-refractivity contribution >= 4 is 43.1 Å². The van der Waals surface area contributed by atoms with E-state index in [9.17, 15) is 20.4 Å². The number of hydrogen-bond donors (Lipinski definition) is 4. The van der Waals surface area contributed by atoms with E-state index in [2.05, 4.69) is 48.5 Å². The predicted molar refractivity (Wildman–Crippen MR) is 131 cm³/mol. The summed E-state index contributed by atoms with van der Waals surface area (Å²) in [5.74, 6) is 0.474. The lowest BCUT2D eigenvalue weighted by molar-refractivity contribution is -0.277. The number of benzene rings is 5. The van der Waals surface area contributed by atoms with Crippen LogP contribution in [0.3, 0.4) is 0 Å². The van der Waals surface area contributed by atoms with Crippen LogP contribution in [-0.4, -0.2) is 57.7 Å². The standard InChI is InChI=1S/C28H24O6/c29-14-24-25(30)26(31)27(32)28(34-24)33-23-7-3-6-17-11-19-9-8-18-10-15-4-1-2-5-16(15)12-20(18)21(19)13-22(17)23/h1-13,24-32H,14H2/t24-,25-,26+,27-,28?/m1/s1. The van der Waals surface area contributed by atoms with E-state index in [0.29, 0.717) is 5.75 Å². The molecule has 1 unspecified atom stereocenters. The summed E-state index contributed by atoms with van der Waals surface area (Å²) in [6, 6.07) is 26.7. The lowest BCUT2D eigenvalue weighted by atomic mass is 9.95. The van der Waals surface area contributed by atoms with Crippen LogP contribution in [0.2, 0.25) is 0 Å². The van der Waals surface area contributed by atoms with E-state index in [0.717, 1.165) is 37.7 Å². The monoisotopic (exact) mass is 456 g/mol. The fourth-order valence-electron chi connectivity index (χ4n) is 4.89. The number of rotatable bonds is 3.